The van der Waals surface area contributed by atoms with E-state index in [1.54, 1.807) is 11.1 Å². The van der Waals surface area contributed by atoms with Crippen molar-refractivity contribution in [2.24, 2.45) is 0 Å². The zero-order chi connectivity index (χ0) is 19.8. The summed E-state index contributed by atoms with van der Waals surface area (Å²) in [6, 6.07) is 21.9. The molecule has 4 aromatic rings. The first-order valence-electron chi connectivity index (χ1n) is 9.42. The van der Waals surface area contributed by atoms with E-state index >= 15 is 0 Å². The number of amides is 1. The van der Waals surface area contributed by atoms with Crippen molar-refractivity contribution < 1.29 is 9.53 Å². The molecule has 1 aliphatic heterocycles. The molecular weight excluding hydrogens is 362 g/mol. The summed E-state index contributed by atoms with van der Waals surface area (Å²) in [6.45, 7) is 0. The van der Waals surface area contributed by atoms with Crippen molar-refractivity contribution in [3.05, 3.63) is 102 Å². The number of ether oxygens (including phenoxy) is 1. The maximum absolute atomic E-state index is 12.5. The lowest BCUT2D eigenvalue weighted by Gasteiger charge is -2.32. The Morgan fingerprint density at radius 1 is 1.00 bits per heavy atom. The second-order valence-corrected chi connectivity index (χ2v) is 6.92. The summed E-state index contributed by atoms with van der Waals surface area (Å²) in [7, 11) is 1.40. The molecule has 0 radical (unpaired) electrons. The first kappa shape index (κ1) is 17.3. The Hall–Kier alpha value is -3.86. The van der Waals surface area contributed by atoms with Gasteiger partial charge in [0.2, 0.25) is 0 Å². The lowest BCUT2D eigenvalue weighted by molar-refractivity contribution is 0.130. The van der Waals surface area contributed by atoms with Crippen LogP contribution in [-0.4, -0.2) is 27.5 Å². The van der Waals surface area contributed by atoms with E-state index in [1.165, 1.54) is 7.11 Å². The molecule has 2 aromatic heterocycles. The number of benzene rings is 2. The quantitative estimate of drug-likeness (QED) is 0.483. The smallest absolute Gasteiger partial charge is 0.414 e. The highest BCUT2D eigenvalue weighted by molar-refractivity contribution is 5.75. The van der Waals surface area contributed by atoms with E-state index in [0.29, 0.717) is 0 Å². The second-order valence-electron chi connectivity index (χ2n) is 6.92. The molecule has 3 heterocycles. The Morgan fingerprint density at radius 2 is 1.79 bits per heavy atom. The van der Waals surface area contributed by atoms with Gasteiger partial charge in [0.25, 0.3) is 0 Å². The summed E-state index contributed by atoms with van der Waals surface area (Å²) >= 11 is 0. The summed E-state index contributed by atoms with van der Waals surface area (Å²) in [5.74, 6) is 0. The summed E-state index contributed by atoms with van der Waals surface area (Å²) in [6.07, 6.45) is 7.22. The minimum Gasteiger partial charge on any atom is -0.452 e. The third-order valence-electron chi connectivity index (χ3n) is 5.29. The van der Waals surface area contributed by atoms with Crippen molar-refractivity contribution in [3.63, 3.8) is 0 Å². The fourth-order valence-corrected chi connectivity index (χ4v) is 3.89. The van der Waals surface area contributed by atoms with Crippen molar-refractivity contribution >= 4 is 17.7 Å². The van der Waals surface area contributed by atoms with E-state index in [9.17, 15) is 4.79 Å². The molecule has 1 amide bonds. The minimum absolute atomic E-state index is 0.294. The van der Waals surface area contributed by atoms with E-state index in [0.717, 1.165) is 33.6 Å². The van der Waals surface area contributed by atoms with Gasteiger partial charge >= 0.3 is 6.09 Å². The molecule has 2 aromatic carbocycles. The summed E-state index contributed by atoms with van der Waals surface area (Å²) < 4.78 is 7.16. The van der Waals surface area contributed by atoms with Crippen LogP contribution >= 0.6 is 0 Å². The zero-order valence-electron chi connectivity index (χ0n) is 15.9. The summed E-state index contributed by atoms with van der Waals surface area (Å²) in [5.41, 5.74) is 6.00. The molecule has 5 heteroatoms. The van der Waals surface area contributed by atoms with Crippen LogP contribution < -0.4 is 0 Å². The number of carbonyl (C=O) groups excluding carboxylic acids is 1. The normalized spacial score (nSPS) is 15.3. The van der Waals surface area contributed by atoms with Gasteiger partial charge in [-0.15, -0.1) is 0 Å². The zero-order valence-corrected chi connectivity index (χ0v) is 15.9. The summed E-state index contributed by atoms with van der Waals surface area (Å²) in [4.78, 5) is 18.8. The molecule has 29 heavy (non-hydrogen) atoms. The van der Waals surface area contributed by atoms with Gasteiger partial charge in [0.05, 0.1) is 30.2 Å². The van der Waals surface area contributed by atoms with Gasteiger partial charge in [-0.3, -0.25) is 9.88 Å². The molecule has 5 nitrogen and oxygen atoms in total. The molecule has 142 valence electrons. The lowest BCUT2D eigenvalue weighted by Crippen LogP contribution is -2.33. The van der Waals surface area contributed by atoms with Crippen molar-refractivity contribution in [3.8, 4) is 11.3 Å². The molecule has 1 atom stereocenters. The van der Waals surface area contributed by atoms with Crippen LogP contribution in [0.5, 0.6) is 0 Å². The van der Waals surface area contributed by atoms with Crippen molar-refractivity contribution in [2.45, 2.75) is 6.04 Å². The SMILES string of the molecule is COC(=O)N1C=Cc2ccccc2C1c1ccc2cnc(-c3ccccc3)cn12. The van der Waals surface area contributed by atoms with Crippen LogP contribution in [-0.2, 0) is 4.74 Å². The molecule has 5 rings (SSSR count). The molecule has 0 bridgehead atoms. The van der Waals surface area contributed by atoms with E-state index < -0.39 is 6.09 Å². The maximum atomic E-state index is 12.5. The number of rotatable bonds is 2. The summed E-state index contributed by atoms with van der Waals surface area (Å²) in [5, 5.41) is 0. The molecule has 0 aliphatic carbocycles. The van der Waals surface area contributed by atoms with Crippen LogP contribution in [0.15, 0.2) is 85.3 Å². The Morgan fingerprint density at radius 3 is 2.62 bits per heavy atom. The molecule has 0 spiro atoms. The topological polar surface area (TPSA) is 46.8 Å². The largest absolute Gasteiger partial charge is 0.452 e. The van der Waals surface area contributed by atoms with E-state index in [2.05, 4.69) is 21.5 Å². The third-order valence-corrected chi connectivity index (χ3v) is 5.29. The second kappa shape index (κ2) is 6.95. The highest BCUT2D eigenvalue weighted by Gasteiger charge is 2.31. The van der Waals surface area contributed by atoms with Gasteiger partial charge in [-0.25, -0.2) is 4.79 Å². The minimum atomic E-state index is -0.395. The van der Waals surface area contributed by atoms with Crippen LogP contribution in [0.2, 0.25) is 0 Å². The van der Waals surface area contributed by atoms with Crippen molar-refractivity contribution in [1.82, 2.24) is 14.3 Å². The molecule has 1 aliphatic rings. The Labute approximate surface area is 168 Å². The number of aromatic nitrogens is 2. The molecule has 0 fully saturated rings. The van der Waals surface area contributed by atoms with Gasteiger partial charge in [-0.2, -0.15) is 0 Å². The monoisotopic (exact) mass is 381 g/mol. The van der Waals surface area contributed by atoms with Crippen molar-refractivity contribution in [2.75, 3.05) is 7.11 Å². The van der Waals surface area contributed by atoms with E-state index in [1.807, 2.05) is 73.1 Å². The molecular formula is C24H19N3O2. The molecule has 0 saturated heterocycles. The van der Waals surface area contributed by atoms with Gasteiger partial charge in [0.1, 0.15) is 6.04 Å². The lowest BCUT2D eigenvalue weighted by atomic mass is 9.94. The van der Waals surface area contributed by atoms with Gasteiger partial charge < -0.3 is 9.14 Å². The maximum Gasteiger partial charge on any atom is 0.414 e. The van der Waals surface area contributed by atoms with Crippen LogP contribution in [0, 0.1) is 0 Å². The van der Waals surface area contributed by atoms with Crippen molar-refractivity contribution in [1.29, 1.82) is 0 Å². The number of hydrogen-bond acceptors (Lipinski definition) is 3. The standard InChI is InChI=1S/C24H19N3O2/c1-29-24(28)26-14-13-17-7-5-6-10-20(17)23(26)22-12-11-19-15-25-21(16-27(19)22)18-8-3-2-4-9-18/h2-16,23H,1H3. The molecule has 0 saturated carbocycles. The van der Waals surface area contributed by atoms with Gasteiger partial charge in [0.15, 0.2) is 0 Å². The predicted molar refractivity (Wildman–Crippen MR) is 112 cm³/mol. The van der Waals surface area contributed by atoms with Gasteiger partial charge in [0, 0.05) is 18.0 Å². The number of hydrogen-bond donors (Lipinski definition) is 0. The van der Waals surface area contributed by atoms with Gasteiger partial charge in [-0.05, 0) is 29.3 Å². The van der Waals surface area contributed by atoms with Gasteiger partial charge in [-0.1, -0.05) is 54.6 Å². The highest BCUT2D eigenvalue weighted by atomic mass is 16.5. The Kier molecular flexibility index (Phi) is 4.13. The Balaban J connectivity index is 1.70. The molecule has 0 N–H and O–H groups in total. The van der Waals surface area contributed by atoms with E-state index in [-0.39, 0.29) is 6.04 Å². The van der Waals surface area contributed by atoms with Crippen LogP contribution in [0.3, 0.4) is 0 Å². The Bertz CT molecular complexity index is 1230. The number of nitrogens with zero attached hydrogens (tertiary/aromatic N) is 3. The average molecular weight is 381 g/mol. The molecule has 1 unspecified atom stereocenters. The number of fused-ring (bicyclic) bond motifs is 2. The van der Waals surface area contributed by atoms with E-state index in [4.69, 9.17) is 4.74 Å². The van der Waals surface area contributed by atoms with Crippen LogP contribution in [0.1, 0.15) is 22.9 Å². The predicted octanol–water partition coefficient (Wildman–Crippen LogP) is 5.14. The highest BCUT2D eigenvalue weighted by Crippen LogP contribution is 2.37. The van der Waals surface area contributed by atoms with Crippen LogP contribution in [0.25, 0.3) is 22.9 Å². The number of methoxy groups -OCH3 is 1. The van der Waals surface area contributed by atoms with Crippen LogP contribution in [0.4, 0.5) is 4.79 Å². The third kappa shape index (κ3) is 2.88. The average Bonchev–Trinajstić information content (AvgIpc) is 3.21. The fourth-order valence-electron chi connectivity index (χ4n) is 3.89. The first-order valence-corrected chi connectivity index (χ1v) is 9.42. The number of carbonyl (C=O) groups is 1. The first-order chi connectivity index (χ1) is 14.3. The fraction of sp³-hybridized carbons (Fsp3) is 0.0833.